The van der Waals surface area contributed by atoms with Crippen molar-refractivity contribution >= 4 is 21.8 Å². The number of carbonyl (C=O) groups excluding carboxylic acids is 1. The van der Waals surface area contributed by atoms with Gasteiger partial charge in [-0.25, -0.2) is 0 Å². The minimum absolute atomic E-state index is 0.00622. The van der Waals surface area contributed by atoms with Gasteiger partial charge in [0.05, 0.1) is 18.0 Å². The Kier molecular flexibility index (Phi) is 3.76. The molecule has 5 heteroatoms. The lowest BCUT2D eigenvalue weighted by atomic mass is 9.95. The largest absolute Gasteiger partial charge is 0.341 e. The zero-order valence-electron chi connectivity index (χ0n) is 11.8. The molecule has 0 saturated heterocycles. The summed E-state index contributed by atoms with van der Waals surface area (Å²) in [6.07, 6.45) is 5.31. The van der Waals surface area contributed by atoms with Crippen molar-refractivity contribution in [3.63, 3.8) is 0 Å². The first kappa shape index (κ1) is 14.2. The highest BCUT2D eigenvalue weighted by molar-refractivity contribution is 9.10. The predicted molar refractivity (Wildman–Crippen MR) is 84.0 cm³/mol. The van der Waals surface area contributed by atoms with Crippen LogP contribution in [0.2, 0.25) is 0 Å². The number of amides is 1. The topological polar surface area (TPSA) is 46.1 Å². The van der Waals surface area contributed by atoms with Gasteiger partial charge < -0.3 is 4.90 Å². The zero-order valence-corrected chi connectivity index (χ0v) is 13.4. The second-order valence-electron chi connectivity index (χ2n) is 5.58. The van der Waals surface area contributed by atoms with Gasteiger partial charge in [-0.1, -0.05) is 28.1 Å². The van der Waals surface area contributed by atoms with Crippen LogP contribution in [0.3, 0.4) is 0 Å². The van der Waals surface area contributed by atoms with Gasteiger partial charge in [0.1, 0.15) is 0 Å². The Labute approximate surface area is 132 Å². The van der Waals surface area contributed by atoms with Crippen molar-refractivity contribution in [3.8, 4) is 0 Å². The van der Waals surface area contributed by atoms with Gasteiger partial charge >= 0.3 is 0 Å². The Hall–Kier alpha value is -1.75. The Balaban J connectivity index is 1.74. The molecule has 0 radical (unpaired) electrons. The molecule has 1 aliphatic rings. The molecule has 4 nitrogen and oxygen atoms in total. The molecule has 0 spiro atoms. The third kappa shape index (κ3) is 2.97. The number of benzene rings is 1. The molecule has 108 valence electrons. The zero-order chi connectivity index (χ0) is 14.9. The maximum atomic E-state index is 12.4. The minimum Gasteiger partial charge on any atom is -0.341 e. The van der Waals surface area contributed by atoms with E-state index in [1.54, 1.807) is 17.2 Å². The van der Waals surface area contributed by atoms with E-state index in [-0.39, 0.29) is 11.3 Å². The summed E-state index contributed by atoms with van der Waals surface area (Å²) >= 11 is 3.46. The van der Waals surface area contributed by atoms with E-state index >= 15 is 0 Å². The van der Waals surface area contributed by atoms with E-state index in [1.807, 2.05) is 7.05 Å². The van der Waals surface area contributed by atoms with Crippen LogP contribution in [-0.4, -0.2) is 34.6 Å². The molecule has 0 aliphatic heterocycles. The van der Waals surface area contributed by atoms with Crippen molar-refractivity contribution in [2.75, 3.05) is 13.6 Å². The Morgan fingerprint density at radius 2 is 1.95 bits per heavy atom. The van der Waals surface area contributed by atoms with Crippen LogP contribution in [0.4, 0.5) is 0 Å². The lowest BCUT2D eigenvalue weighted by molar-refractivity contribution is 0.0781. The second kappa shape index (κ2) is 5.56. The smallest absolute Gasteiger partial charge is 0.255 e. The van der Waals surface area contributed by atoms with Crippen molar-refractivity contribution in [1.82, 2.24) is 15.1 Å². The minimum atomic E-state index is -0.00622. The number of aromatic nitrogens is 2. The van der Waals surface area contributed by atoms with Gasteiger partial charge in [-0.3, -0.25) is 4.79 Å². The molecule has 1 aromatic carbocycles. The van der Waals surface area contributed by atoms with Crippen LogP contribution < -0.4 is 0 Å². The second-order valence-corrected chi connectivity index (χ2v) is 6.50. The van der Waals surface area contributed by atoms with Crippen molar-refractivity contribution < 1.29 is 4.79 Å². The van der Waals surface area contributed by atoms with E-state index in [0.717, 1.165) is 23.9 Å². The van der Waals surface area contributed by atoms with Crippen LogP contribution in [0, 0.1) is 0 Å². The summed E-state index contributed by atoms with van der Waals surface area (Å²) in [5.74, 6) is -0.00622. The third-order valence-electron chi connectivity index (χ3n) is 4.03. The molecular formula is C16H16BrN3O. The number of rotatable bonds is 4. The lowest BCUT2D eigenvalue weighted by Crippen LogP contribution is -2.34. The molecule has 0 bridgehead atoms. The first-order valence-corrected chi connectivity index (χ1v) is 7.68. The normalized spacial score (nSPS) is 15.5. The van der Waals surface area contributed by atoms with Crippen LogP contribution in [0.15, 0.2) is 47.2 Å². The average Bonchev–Trinajstić information content (AvgIpc) is 3.28. The van der Waals surface area contributed by atoms with Crippen molar-refractivity contribution in [2.24, 2.45) is 0 Å². The summed E-state index contributed by atoms with van der Waals surface area (Å²) in [4.78, 5) is 14.2. The summed E-state index contributed by atoms with van der Waals surface area (Å²) in [7, 11) is 1.85. The predicted octanol–water partition coefficient (Wildman–Crippen LogP) is 3.04. The van der Waals surface area contributed by atoms with E-state index < -0.39 is 0 Å². The van der Waals surface area contributed by atoms with E-state index in [9.17, 15) is 4.79 Å². The molecule has 1 fully saturated rings. The molecule has 1 saturated carbocycles. The van der Waals surface area contributed by atoms with Gasteiger partial charge in [0.2, 0.25) is 0 Å². The Morgan fingerprint density at radius 1 is 1.24 bits per heavy atom. The highest BCUT2D eigenvalue weighted by Crippen LogP contribution is 2.48. The Bertz CT molecular complexity index is 638. The SMILES string of the molecule is CN(CC1(c2ccc(Br)cc2)CC1)C(=O)c1ccnnc1. The van der Waals surface area contributed by atoms with E-state index in [1.165, 1.54) is 11.8 Å². The van der Waals surface area contributed by atoms with Crippen LogP contribution >= 0.6 is 15.9 Å². The molecule has 1 aliphatic carbocycles. The quantitative estimate of drug-likeness (QED) is 0.855. The van der Waals surface area contributed by atoms with Gasteiger partial charge in [-0.05, 0) is 36.6 Å². The maximum absolute atomic E-state index is 12.4. The highest BCUT2D eigenvalue weighted by atomic mass is 79.9. The number of hydrogen-bond acceptors (Lipinski definition) is 3. The van der Waals surface area contributed by atoms with Crippen molar-refractivity contribution in [1.29, 1.82) is 0 Å². The fraction of sp³-hybridized carbons (Fsp3) is 0.312. The molecule has 0 unspecified atom stereocenters. The average molecular weight is 346 g/mol. The molecule has 21 heavy (non-hydrogen) atoms. The first-order valence-electron chi connectivity index (χ1n) is 6.89. The summed E-state index contributed by atoms with van der Waals surface area (Å²) in [5, 5.41) is 7.47. The van der Waals surface area contributed by atoms with E-state index in [0.29, 0.717) is 5.56 Å². The van der Waals surface area contributed by atoms with Gasteiger partial charge in [0.15, 0.2) is 0 Å². The molecule has 3 rings (SSSR count). The van der Waals surface area contributed by atoms with E-state index in [2.05, 4.69) is 50.4 Å². The fourth-order valence-corrected chi connectivity index (χ4v) is 2.92. The number of carbonyl (C=O) groups is 1. The van der Waals surface area contributed by atoms with Crippen LogP contribution in [0.25, 0.3) is 0 Å². The number of nitrogens with zero attached hydrogens (tertiary/aromatic N) is 3. The third-order valence-corrected chi connectivity index (χ3v) is 4.56. The molecular weight excluding hydrogens is 330 g/mol. The number of hydrogen-bond donors (Lipinski definition) is 0. The van der Waals surface area contributed by atoms with E-state index in [4.69, 9.17) is 0 Å². The standard InChI is InChI=1S/C16H16BrN3O/c1-20(15(21)12-6-9-18-19-10-12)11-16(7-8-16)13-2-4-14(17)5-3-13/h2-6,9-10H,7-8,11H2,1H3. The highest BCUT2D eigenvalue weighted by Gasteiger charge is 2.45. The Morgan fingerprint density at radius 3 is 2.52 bits per heavy atom. The van der Waals surface area contributed by atoms with Gasteiger partial charge in [0, 0.05) is 23.5 Å². The summed E-state index contributed by atoms with van der Waals surface area (Å²) < 4.78 is 1.08. The fourth-order valence-electron chi connectivity index (χ4n) is 2.66. The van der Waals surface area contributed by atoms with Crippen molar-refractivity contribution in [3.05, 3.63) is 58.3 Å². The summed E-state index contributed by atoms with van der Waals surface area (Å²) in [6.45, 7) is 0.732. The summed E-state index contributed by atoms with van der Waals surface area (Å²) in [5.41, 5.74) is 2.00. The molecule has 0 atom stereocenters. The van der Waals surface area contributed by atoms with Gasteiger partial charge in [-0.2, -0.15) is 10.2 Å². The molecule has 0 N–H and O–H groups in total. The van der Waals surface area contributed by atoms with Crippen LogP contribution in [0.1, 0.15) is 28.8 Å². The first-order chi connectivity index (χ1) is 10.1. The molecule has 2 aromatic rings. The van der Waals surface area contributed by atoms with Gasteiger partial charge in [0.25, 0.3) is 5.91 Å². The summed E-state index contributed by atoms with van der Waals surface area (Å²) in [6, 6.07) is 10.1. The molecule has 1 aromatic heterocycles. The number of likely N-dealkylation sites (N-methyl/N-ethyl adjacent to an activating group) is 1. The van der Waals surface area contributed by atoms with Crippen LogP contribution in [0.5, 0.6) is 0 Å². The van der Waals surface area contributed by atoms with Crippen LogP contribution in [-0.2, 0) is 5.41 Å². The van der Waals surface area contributed by atoms with Gasteiger partial charge in [-0.15, -0.1) is 0 Å². The molecule has 1 heterocycles. The maximum Gasteiger partial charge on any atom is 0.255 e. The number of halogens is 1. The lowest BCUT2D eigenvalue weighted by Gasteiger charge is -2.24. The molecule has 1 amide bonds. The van der Waals surface area contributed by atoms with Crippen molar-refractivity contribution in [2.45, 2.75) is 18.3 Å². The monoisotopic (exact) mass is 345 g/mol.